The first-order valence-corrected chi connectivity index (χ1v) is 3.07. The molecule has 0 fully saturated rings. The Kier molecular flexibility index (Phi) is 3.98. The molecule has 0 aromatic heterocycles. The molecule has 0 bridgehead atoms. The van der Waals surface area contributed by atoms with Gasteiger partial charge in [-0.15, -0.1) is 0 Å². The van der Waals surface area contributed by atoms with Crippen molar-refractivity contribution < 1.29 is 23.1 Å². The SMILES string of the molecule is NC(CO)C(=O)NCC(F)(F)F. The molecule has 12 heavy (non-hydrogen) atoms. The van der Waals surface area contributed by atoms with Crippen molar-refractivity contribution in [2.24, 2.45) is 5.73 Å². The van der Waals surface area contributed by atoms with Crippen LogP contribution in [0.1, 0.15) is 0 Å². The lowest BCUT2D eigenvalue weighted by molar-refractivity contribution is -0.139. The molecule has 1 unspecified atom stereocenters. The number of carbonyl (C=O) groups excluding carboxylic acids is 1. The zero-order chi connectivity index (χ0) is 9.78. The minimum Gasteiger partial charge on any atom is -0.394 e. The summed E-state index contributed by atoms with van der Waals surface area (Å²) in [7, 11) is 0. The van der Waals surface area contributed by atoms with Crippen LogP contribution < -0.4 is 11.1 Å². The van der Waals surface area contributed by atoms with E-state index in [-0.39, 0.29) is 0 Å². The second-order valence-corrected chi connectivity index (χ2v) is 2.12. The van der Waals surface area contributed by atoms with Crippen molar-refractivity contribution in [3.8, 4) is 0 Å². The van der Waals surface area contributed by atoms with Gasteiger partial charge >= 0.3 is 6.18 Å². The highest BCUT2D eigenvalue weighted by Crippen LogP contribution is 2.11. The first kappa shape index (κ1) is 11.2. The molecule has 72 valence electrons. The summed E-state index contributed by atoms with van der Waals surface area (Å²) in [6.45, 7) is -2.11. The molecule has 0 aliphatic carbocycles. The molecule has 0 aliphatic heterocycles. The summed E-state index contributed by atoms with van der Waals surface area (Å²) in [5, 5.41) is 9.79. The minimum atomic E-state index is -4.45. The largest absolute Gasteiger partial charge is 0.405 e. The summed E-state index contributed by atoms with van der Waals surface area (Å²) < 4.78 is 34.4. The Morgan fingerprint density at radius 2 is 2.08 bits per heavy atom. The van der Waals surface area contributed by atoms with Gasteiger partial charge in [0.25, 0.3) is 0 Å². The molecule has 1 amide bonds. The van der Waals surface area contributed by atoms with Gasteiger partial charge in [-0.3, -0.25) is 4.79 Å². The topological polar surface area (TPSA) is 75.3 Å². The van der Waals surface area contributed by atoms with E-state index in [0.29, 0.717) is 0 Å². The monoisotopic (exact) mass is 186 g/mol. The van der Waals surface area contributed by atoms with Gasteiger partial charge in [-0.2, -0.15) is 13.2 Å². The predicted octanol–water partition coefficient (Wildman–Crippen LogP) is -1.02. The second-order valence-electron chi connectivity index (χ2n) is 2.12. The first-order chi connectivity index (χ1) is 5.37. The number of aliphatic hydroxyl groups is 1. The molecule has 4 N–H and O–H groups in total. The van der Waals surface area contributed by atoms with Gasteiger partial charge < -0.3 is 16.2 Å². The minimum absolute atomic E-state index is 0.677. The number of aliphatic hydroxyl groups excluding tert-OH is 1. The molecule has 4 nitrogen and oxygen atoms in total. The Bertz CT molecular complexity index is 159. The average Bonchev–Trinajstić information content (AvgIpc) is 1.97. The van der Waals surface area contributed by atoms with Gasteiger partial charge in [-0.05, 0) is 0 Å². The van der Waals surface area contributed by atoms with E-state index in [9.17, 15) is 18.0 Å². The van der Waals surface area contributed by atoms with Gasteiger partial charge in [0.15, 0.2) is 0 Å². The van der Waals surface area contributed by atoms with Crippen LogP contribution in [0, 0.1) is 0 Å². The molecule has 0 aliphatic rings. The maximum atomic E-state index is 11.5. The number of halogens is 3. The van der Waals surface area contributed by atoms with Crippen LogP contribution in [0.2, 0.25) is 0 Å². The molecule has 0 saturated carbocycles. The molecule has 0 saturated heterocycles. The lowest BCUT2D eigenvalue weighted by Gasteiger charge is -2.10. The Morgan fingerprint density at radius 1 is 1.58 bits per heavy atom. The zero-order valence-electron chi connectivity index (χ0n) is 6.06. The van der Waals surface area contributed by atoms with Crippen LogP contribution in [0.4, 0.5) is 13.2 Å². The summed E-state index contributed by atoms with van der Waals surface area (Å²) in [4.78, 5) is 10.5. The fourth-order valence-electron chi connectivity index (χ4n) is 0.401. The lowest BCUT2D eigenvalue weighted by Crippen LogP contribution is -2.45. The van der Waals surface area contributed by atoms with E-state index in [1.165, 1.54) is 5.32 Å². The van der Waals surface area contributed by atoms with Crippen LogP contribution in [0.3, 0.4) is 0 Å². The van der Waals surface area contributed by atoms with Crippen LogP contribution in [-0.4, -0.2) is 36.4 Å². The lowest BCUT2D eigenvalue weighted by atomic mass is 10.3. The highest BCUT2D eigenvalue weighted by Gasteiger charge is 2.28. The fraction of sp³-hybridized carbons (Fsp3) is 0.800. The smallest absolute Gasteiger partial charge is 0.394 e. The van der Waals surface area contributed by atoms with E-state index in [0.717, 1.165) is 0 Å². The number of carbonyl (C=O) groups is 1. The molecule has 0 rings (SSSR count). The van der Waals surface area contributed by atoms with Crippen molar-refractivity contribution in [1.29, 1.82) is 0 Å². The Labute approximate surface area is 66.5 Å². The standard InChI is InChI=1S/C5H9F3N2O2/c6-5(7,8)2-10-4(12)3(9)1-11/h3,11H,1-2,9H2,(H,10,12). The number of rotatable bonds is 3. The van der Waals surface area contributed by atoms with Gasteiger partial charge in [-0.1, -0.05) is 0 Å². The zero-order valence-corrected chi connectivity index (χ0v) is 6.06. The summed E-state index contributed by atoms with van der Waals surface area (Å²) in [5.41, 5.74) is 4.92. The van der Waals surface area contributed by atoms with E-state index in [1.807, 2.05) is 0 Å². The molecule has 7 heteroatoms. The van der Waals surface area contributed by atoms with Crippen LogP contribution >= 0.6 is 0 Å². The second kappa shape index (κ2) is 4.27. The number of amides is 1. The van der Waals surface area contributed by atoms with E-state index >= 15 is 0 Å². The van der Waals surface area contributed by atoms with Gasteiger partial charge in [-0.25, -0.2) is 0 Å². The van der Waals surface area contributed by atoms with Gasteiger partial charge in [0.2, 0.25) is 5.91 Å². The van der Waals surface area contributed by atoms with Crippen molar-refractivity contribution in [2.45, 2.75) is 12.2 Å². The first-order valence-electron chi connectivity index (χ1n) is 3.07. The summed E-state index contributed by atoms with van der Waals surface area (Å²) >= 11 is 0. The molecule has 0 aromatic rings. The Balaban J connectivity index is 3.72. The number of nitrogens with one attached hydrogen (secondary N) is 1. The van der Waals surface area contributed by atoms with Crippen LogP contribution in [0.25, 0.3) is 0 Å². The third-order valence-electron chi connectivity index (χ3n) is 0.997. The molecule has 0 spiro atoms. The molecular weight excluding hydrogens is 177 g/mol. The van der Waals surface area contributed by atoms with Gasteiger partial charge in [0.1, 0.15) is 12.6 Å². The predicted molar refractivity (Wildman–Crippen MR) is 34.1 cm³/mol. The number of alkyl halides is 3. The molecule has 0 radical (unpaired) electrons. The Hall–Kier alpha value is -0.820. The third kappa shape index (κ3) is 4.91. The van der Waals surface area contributed by atoms with E-state index in [2.05, 4.69) is 0 Å². The van der Waals surface area contributed by atoms with E-state index < -0.39 is 31.3 Å². The highest BCUT2D eigenvalue weighted by molar-refractivity contribution is 5.81. The van der Waals surface area contributed by atoms with Crippen molar-refractivity contribution in [1.82, 2.24) is 5.32 Å². The van der Waals surface area contributed by atoms with Gasteiger partial charge in [0, 0.05) is 0 Å². The summed E-state index contributed by atoms with van der Waals surface area (Å²) in [5.74, 6) is -1.02. The third-order valence-corrected chi connectivity index (χ3v) is 0.997. The molecule has 1 atom stereocenters. The van der Waals surface area contributed by atoms with Crippen molar-refractivity contribution >= 4 is 5.91 Å². The number of nitrogens with two attached hydrogens (primary N) is 1. The Morgan fingerprint density at radius 3 is 2.42 bits per heavy atom. The summed E-state index contributed by atoms with van der Waals surface area (Å²) in [6.07, 6.45) is -4.45. The molecular formula is C5H9F3N2O2. The van der Waals surface area contributed by atoms with E-state index in [4.69, 9.17) is 10.8 Å². The van der Waals surface area contributed by atoms with Crippen LogP contribution in [0.15, 0.2) is 0 Å². The van der Waals surface area contributed by atoms with E-state index in [1.54, 1.807) is 0 Å². The van der Waals surface area contributed by atoms with Crippen molar-refractivity contribution in [3.05, 3.63) is 0 Å². The fourth-order valence-corrected chi connectivity index (χ4v) is 0.401. The quantitative estimate of drug-likeness (QED) is 0.528. The maximum absolute atomic E-state index is 11.5. The summed E-state index contributed by atoms with van der Waals surface area (Å²) in [6, 6.07) is -1.30. The number of hydrogen-bond acceptors (Lipinski definition) is 3. The highest BCUT2D eigenvalue weighted by atomic mass is 19.4. The van der Waals surface area contributed by atoms with Crippen molar-refractivity contribution in [2.75, 3.05) is 13.2 Å². The molecule has 0 aromatic carbocycles. The van der Waals surface area contributed by atoms with Gasteiger partial charge in [0.05, 0.1) is 6.61 Å². The average molecular weight is 186 g/mol. The van der Waals surface area contributed by atoms with Crippen LogP contribution in [-0.2, 0) is 4.79 Å². The normalized spacial score (nSPS) is 14.1. The maximum Gasteiger partial charge on any atom is 0.405 e. The molecule has 0 heterocycles. The van der Waals surface area contributed by atoms with Crippen molar-refractivity contribution in [3.63, 3.8) is 0 Å². The van der Waals surface area contributed by atoms with Crippen LogP contribution in [0.5, 0.6) is 0 Å². The number of hydrogen-bond donors (Lipinski definition) is 3.